The van der Waals surface area contributed by atoms with Gasteiger partial charge in [0.05, 0.1) is 0 Å². The van der Waals surface area contributed by atoms with Gasteiger partial charge in [-0.1, -0.05) is 132 Å². The van der Waals surface area contributed by atoms with Gasteiger partial charge in [-0.25, -0.2) is 0 Å². The van der Waals surface area contributed by atoms with Gasteiger partial charge in [0.2, 0.25) is 0 Å². The molecule has 2 N–H and O–H groups in total. The predicted molar refractivity (Wildman–Crippen MR) is 153 cm³/mol. The topological polar surface area (TPSA) is 40.5 Å². The molecule has 0 bridgehead atoms. The summed E-state index contributed by atoms with van der Waals surface area (Å²) in [5.41, 5.74) is 11.2. The fraction of sp³-hybridized carbons (Fsp3) is 0.147. The molecule has 2 nitrogen and oxygen atoms in total. The maximum atomic E-state index is 9.56. The van der Waals surface area contributed by atoms with Crippen LogP contribution in [0.25, 0.3) is 22.3 Å². The molecule has 0 atom stereocenters. The number of phenols is 2. The van der Waals surface area contributed by atoms with Crippen molar-refractivity contribution >= 4 is 0 Å². The average Bonchev–Trinajstić information content (AvgIpc) is 3.08. The van der Waals surface area contributed by atoms with Crippen molar-refractivity contribution in [3.05, 3.63) is 137 Å². The number of hydrogen-bond acceptors (Lipinski definition) is 2. The molecule has 0 unspecified atom stereocenters. The number of benzene rings is 4. The number of para-hydroxylation sites is 2. The normalized spacial score (nSPS) is 9.26. The number of aromatic hydroxyl groups is 2. The summed E-state index contributed by atoms with van der Waals surface area (Å²) in [5, 5.41) is 19.1. The Kier molecular flexibility index (Phi) is 16.4. The van der Waals surface area contributed by atoms with E-state index in [1.165, 1.54) is 27.8 Å². The molecule has 5 aromatic rings. The summed E-state index contributed by atoms with van der Waals surface area (Å²) in [4.78, 5) is 0. The molecule has 0 heterocycles. The van der Waals surface area contributed by atoms with Crippen LogP contribution in [0.2, 0.25) is 0 Å². The second-order valence-corrected chi connectivity index (χ2v) is 8.89. The summed E-state index contributed by atoms with van der Waals surface area (Å²) in [5.74, 6) is 0.655. The van der Waals surface area contributed by atoms with Gasteiger partial charge in [0.25, 0.3) is 0 Å². The molecule has 5 heteroatoms. The second kappa shape index (κ2) is 17.7. The van der Waals surface area contributed by atoms with Crippen molar-refractivity contribution in [2.45, 2.75) is 34.6 Å². The Hall–Kier alpha value is -2.88. The first-order chi connectivity index (χ1) is 17.3. The molecule has 39 heavy (non-hydrogen) atoms. The zero-order chi connectivity index (χ0) is 26.1. The second-order valence-electron chi connectivity index (χ2n) is 8.89. The standard InChI is InChI=1S/2C12H10O.C10H15.2ClH.Ti/c2*13-12-9-5-4-8-11(12)10-6-2-1-3-7-10;1-6-7(2)9(4)10(5)8(6)3;;;/h2*1-9,13H;1-5H3;2*1H;/q;;-1;;;+3/p-2. The van der Waals surface area contributed by atoms with Crippen molar-refractivity contribution < 1.29 is 56.7 Å². The third-order valence-corrected chi connectivity index (χ3v) is 6.79. The Morgan fingerprint density at radius 2 is 0.744 bits per heavy atom. The van der Waals surface area contributed by atoms with Gasteiger partial charge in [0.1, 0.15) is 11.5 Å². The summed E-state index contributed by atoms with van der Waals surface area (Å²) in [7, 11) is 0. The van der Waals surface area contributed by atoms with Crippen molar-refractivity contribution in [1.29, 1.82) is 0 Å². The van der Waals surface area contributed by atoms with Gasteiger partial charge in [0.15, 0.2) is 0 Å². The van der Waals surface area contributed by atoms with Gasteiger partial charge in [0, 0.05) is 11.1 Å². The smallest absolute Gasteiger partial charge is 1.00 e. The van der Waals surface area contributed by atoms with Crippen LogP contribution in [0.5, 0.6) is 11.5 Å². The van der Waals surface area contributed by atoms with Gasteiger partial charge < -0.3 is 35.0 Å². The van der Waals surface area contributed by atoms with E-state index in [0.29, 0.717) is 11.5 Å². The van der Waals surface area contributed by atoms with E-state index in [1.54, 1.807) is 12.1 Å². The number of phenolic OH excluding ortho intramolecular Hbond substituents is 2. The average molecular weight is 594 g/mol. The van der Waals surface area contributed by atoms with Crippen molar-refractivity contribution in [1.82, 2.24) is 0 Å². The van der Waals surface area contributed by atoms with Gasteiger partial charge in [-0.2, -0.15) is 27.8 Å². The first-order valence-corrected chi connectivity index (χ1v) is 12.2. The molecular weight excluding hydrogens is 559 g/mol. The first kappa shape index (κ1) is 36.1. The predicted octanol–water partition coefficient (Wildman–Crippen LogP) is 3.07. The number of halogens is 2. The molecule has 1 radical (unpaired) electrons. The quantitative estimate of drug-likeness (QED) is 0.244. The number of hydrogen-bond donors (Lipinski definition) is 2. The molecule has 5 rings (SSSR count). The van der Waals surface area contributed by atoms with E-state index >= 15 is 0 Å². The zero-order valence-corrected chi connectivity index (χ0v) is 26.1. The molecule has 0 aliphatic carbocycles. The first-order valence-electron chi connectivity index (χ1n) is 12.2. The van der Waals surface area contributed by atoms with Crippen LogP contribution in [0.1, 0.15) is 27.8 Å². The van der Waals surface area contributed by atoms with E-state index in [9.17, 15) is 10.2 Å². The van der Waals surface area contributed by atoms with Crippen LogP contribution >= 0.6 is 0 Å². The Morgan fingerprint density at radius 3 is 1.00 bits per heavy atom. The minimum atomic E-state index is 0. The zero-order valence-electron chi connectivity index (χ0n) is 23.0. The van der Waals surface area contributed by atoms with Crippen molar-refractivity contribution in [2.75, 3.05) is 0 Å². The number of rotatable bonds is 2. The monoisotopic (exact) mass is 593 g/mol. The maximum absolute atomic E-state index is 9.56. The molecule has 0 aliphatic heterocycles. The van der Waals surface area contributed by atoms with Crippen LogP contribution in [-0.4, -0.2) is 10.2 Å². The van der Waals surface area contributed by atoms with E-state index in [0.717, 1.165) is 22.3 Å². The van der Waals surface area contributed by atoms with Gasteiger partial charge in [-0.3, -0.25) is 0 Å². The molecule has 0 saturated heterocycles. The van der Waals surface area contributed by atoms with Crippen molar-refractivity contribution in [2.24, 2.45) is 0 Å². The van der Waals surface area contributed by atoms with E-state index in [1.807, 2.05) is 97.1 Å². The van der Waals surface area contributed by atoms with Crippen LogP contribution in [0.3, 0.4) is 0 Å². The van der Waals surface area contributed by atoms with Crippen LogP contribution in [0.15, 0.2) is 109 Å². The molecule has 201 valence electrons. The molecule has 0 aliphatic rings. The molecule has 0 spiro atoms. The summed E-state index contributed by atoms with van der Waals surface area (Å²) in [6, 6.07) is 34.4. The van der Waals surface area contributed by atoms with E-state index in [4.69, 9.17) is 0 Å². The van der Waals surface area contributed by atoms with E-state index in [2.05, 4.69) is 34.6 Å². The van der Waals surface area contributed by atoms with Gasteiger partial charge in [-0.05, 0) is 23.3 Å². The fourth-order valence-corrected chi connectivity index (χ4v) is 4.08. The third kappa shape index (κ3) is 9.67. The molecule has 5 aromatic carbocycles. The summed E-state index contributed by atoms with van der Waals surface area (Å²) in [6.45, 7) is 11.0. The molecule has 0 aromatic heterocycles. The van der Waals surface area contributed by atoms with E-state index < -0.39 is 0 Å². The Labute approximate surface area is 260 Å². The summed E-state index contributed by atoms with van der Waals surface area (Å²) >= 11 is 0. The molecule has 0 saturated carbocycles. The summed E-state index contributed by atoms with van der Waals surface area (Å²) < 4.78 is 0. The maximum Gasteiger partial charge on any atom is 3.00 e. The minimum absolute atomic E-state index is 0. The molecule has 0 amide bonds. The van der Waals surface area contributed by atoms with Crippen LogP contribution in [0, 0.1) is 34.6 Å². The van der Waals surface area contributed by atoms with Crippen LogP contribution in [-0.2, 0) is 21.7 Å². The van der Waals surface area contributed by atoms with Gasteiger partial charge in [-0.15, -0.1) is 0 Å². The molecular formula is C34H35Cl2O2Ti. The van der Waals surface area contributed by atoms with Crippen molar-refractivity contribution in [3.8, 4) is 33.8 Å². The van der Waals surface area contributed by atoms with Gasteiger partial charge >= 0.3 is 21.7 Å². The van der Waals surface area contributed by atoms with Crippen molar-refractivity contribution in [3.63, 3.8) is 0 Å². The Bertz CT molecular complexity index is 1240. The Morgan fingerprint density at radius 1 is 0.462 bits per heavy atom. The Balaban J connectivity index is 0.000000540. The summed E-state index contributed by atoms with van der Waals surface area (Å²) in [6.07, 6.45) is 0. The van der Waals surface area contributed by atoms with Crippen LogP contribution in [0.4, 0.5) is 0 Å². The minimum Gasteiger partial charge on any atom is -1.00 e. The largest absolute Gasteiger partial charge is 3.00 e. The SMILES string of the molecule is Cc1c(C)c(C)[c-](C)c1C.Oc1ccccc1-c1ccccc1.Oc1ccccc1-c1ccccc1.[Cl-].[Cl-].[Ti+3]. The van der Waals surface area contributed by atoms with Crippen LogP contribution < -0.4 is 24.8 Å². The third-order valence-electron chi connectivity index (χ3n) is 6.79. The van der Waals surface area contributed by atoms with E-state index in [-0.39, 0.29) is 46.5 Å². The molecule has 0 fully saturated rings. The fourth-order valence-electron chi connectivity index (χ4n) is 4.08.